The first-order chi connectivity index (χ1) is 12.6. The SMILES string of the molecule is CCCc1cc(N2CCC[C@@H](N)C2)nc(Nc2ccc(F)c(C#N)c2)n1.Cl.Cl. The van der Waals surface area contributed by atoms with Crippen molar-refractivity contribution in [1.82, 2.24) is 9.97 Å². The minimum absolute atomic E-state index is 0. The molecule has 0 amide bonds. The van der Waals surface area contributed by atoms with Crippen molar-refractivity contribution in [3.63, 3.8) is 0 Å². The van der Waals surface area contributed by atoms with E-state index in [0.717, 1.165) is 50.3 Å². The fourth-order valence-corrected chi connectivity index (χ4v) is 3.12. The number of piperidine rings is 1. The van der Waals surface area contributed by atoms with E-state index < -0.39 is 5.82 Å². The van der Waals surface area contributed by atoms with Crippen LogP contribution < -0.4 is 16.0 Å². The van der Waals surface area contributed by atoms with E-state index in [0.29, 0.717) is 11.6 Å². The van der Waals surface area contributed by atoms with Gasteiger partial charge in [0, 0.05) is 36.6 Å². The van der Waals surface area contributed by atoms with Crippen molar-refractivity contribution >= 4 is 42.3 Å². The number of anilines is 3. The van der Waals surface area contributed by atoms with Crippen molar-refractivity contribution in [2.75, 3.05) is 23.3 Å². The number of hydrogen-bond acceptors (Lipinski definition) is 6. The first-order valence-electron chi connectivity index (χ1n) is 8.94. The lowest BCUT2D eigenvalue weighted by molar-refractivity contribution is 0.503. The van der Waals surface area contributed by atoms with Gasteiger partial charge < -0.3 is 16.0 Å². The molecule has 1 aliphatic rings. The molecule has 1 aromatic heterocycles. The third-order valence-corrected chi connectivity index (χ3v) is 4.40. The summed E-state index contributed by atoms with van der Waals surface area (Å²) in [5.41, 5.74) is 7.62. The Labute approximate surface area is 177 Å². The topological polar surface area (TPSA) is 90.9 Å². The smallest absolute Gasteiger partial charge is 0.229 e. The van der Waals surface area contributed by atoms with Crippen LogP contribution in [0.3, 0.4) is 0 Å². The van der Waals surface area contributed by atoms with Crippen LogP contribution in [0.5, 0.6) is 0 Å². The molecule has 0 aliphatic carbocycles. The maximum absolute atomic E-state index is 13.5. The Kier molecular flexibility index (Phi) is 9.39. The summed E-state index contributed by atoms with van der Waals surface area (Å²) in [6, 6.07) is 8.31. The minimum Gasteiger partial charge on any atom is -0.355 e. The summed E-state index contributed by atoms with van der Waals surface area (Å²) in [6.07, 6.45) is 3.89. The number of benzene rings is 1. The standard InChI is InChI=1S/C19H23FN6.2ClH/c1-2-4-15-10-18(26-8-3-5-14(22)12-26)25-19(23-15)24-16-6-7-17(20)13(9-16)11-21;;/h6-7,9-10,14H,2-5,8,12,22H2,1H3,(H,23,24,25);2*1H/t14-;;/m1../s1. The molecule has 1 atom stereocenters. The van der Waals surface area contributed by atoms with Gasteiger partial charge in [0.2, 0.25) is 5.95 Å². The van der Waals surface area contributed by atoms with Crippen molar-refractivity contribution in [1.29, 1.82) is 5.26 Å². The molecule has 2 aromatic rings. The van der Waals surface area contributed by atoms with Crippen LogP contribution >= 0.6 is 24.8 Å². The van der Waals surface area contributed by atoms with Gasteiger partial charge in [-0.15, -0.1) is 24.8 Å². The predicted octanol–water partition coefficient (Wildman–Crippen LogP) is 3.95. The molecule has 0 bridgehead atoms. The van der Waals surface area contributed by atoms with Crippen LogP contribution in [-0.2, 0) is 6.42 Å². The highest BCUT2D eigenvalue weighted by atomic mass is 35.5. The summed E-state index contributed by atoms with van der Waals surface area (Å²) in [5, 5.41) is 12.1. The molecule has 1 aromatic carbocycles. The first-order valence-corrected chi connectivity index (χ1v) is 8.94. The molecule has 0 saturated carbocycles. The minimum atomic E-state index is -0.540. The molecule has 0 unspecified atom stereocenters. The van der Waals surface area contributed by atoms with Crippen LogP contribution in [-0.4, -0.2) is 29.1 Å². The second kappa shape index (κ2) is 11.0. The van der Waals surface area contributed by atoms with Gasteiger partial charge in [0.25, 0.3) is 0 Å². The van der Waals surface area contributed by atoms with Gasteiger partial charge in [-0.05, 0) is 37.5 Å². The summed E-state index contributed by atoms with van der Waals surface area (Å²) in [6.45, 7) is 3.80. The molecule has 1 fully saturated rings. The highest BCUT2D eigenvalue weighted by Crippen LogP contribution is 2.23. The Morgan fingerprint density at radius 3 is 2.79 bits per heavy atom. The molecule has 9 heteroatoms. The lowest BCUT2D eigenvalue weighted by atomic mass is 10.1. The summed E-state index contributed by atoms with van der Waals surface area (Å²) < 4.78 is 13.5. The average Bonchev–Trinajstić information content (AvgIpc) is 2.63. The van der Waals surface area contributed by atoms with Crippen molar-refractivity contribution in [2.45, 2.75) is 38.6 Å². The van der Waals surface area contributed by atoms with Crippen LogP contribution in [0.4, 0.5) is 21.8 Å². The van der Waals surface area contributed by atoms with E-state index in [4.69, 9.17) is 11.0 Å². The monoisotopic (exact) mass is 426 g/mol. The predicted molar refractivity (Wildman–Crippen MR) is 114 cm³/mol. The number of halogens is 3. The number of rotatable bonds is 5. The summed E-state index contributed by atoms with van der Waals surface area (Å²) >= 11 is 0. The number of hydrogen-bond donors (Lipinski definition) is 2. The van der Waals surface area contributed by atoms with Crippen LogP contribution in [0.2, 0.25) is 0 Å². The van der Waals surface area contributed by atoms with E-state index in [1.807, 2.05) is 12.1 Å². The van der Waals surface area contributed by atoms with Gasteiger partial charge in [-0.1, -0.05) is 13.3 Å². The number of aryl methyl sites for hydroxylation is 1. The Morgan fingerprint density at radius 2 is 2.11 bits per heavy atom. The fraction of sp³-hybridized carbons (Fsp3) is 0.421. The molecule has 2 heterocycles. The lowest BCUT2D eigenvalue weighted by Crippen LogP contribution is -2.43. The lowest BCUT2D eigenvalue weighted by Gasteiger charge is -2.32. The Morgan fingerprint density at radius 1 is 1.32 bits per heavy atom. The van der Waals surface area contributed by atoms with E-state index >= 15 is 0 Å². The third kappa shape index (κ3) is 5.93. The number of nitriles is 1. The number of nitrogens with one attached hydrogen (secondary N) is 1. The second-order valence-corrected chi connectivity index (χ2v) is 6.57. The molecule has 6 nitrogen and oxygen atoms in total. The van der Waals surface area contributed by atoms with Crippen molar-refractivity contribution in [3.05, 3.63) is 41.3 Å². The van der Waals surface area contributed by atoms with E-state index in [9.17, 15) is 4.39 Å². The van der Waals surface area contributed by atoms with Gasteiger partial charge in [0.1, 0.15) is 17.7 Å². The van der Waals surface area contributed by atoms with Crippen LogP contribution in [0.15, 0.2) is 24.3 Å². The fourth-order valence-electron chi connectivity index (χ4n) is 3.12. The number of nitrogens with two attached hydrogens (primary N) is 1. The number of nitrogens with zero attached hydrogens (tertiary/aromatic N) is 4. The van der Waals surface area contributed by atoms with Gasteiger partial charge >= 0.3 is 0 Å². The summed E-state index contributed by atoms with van der Waals surface area (Å²) in [7, 11) is 0. The van der Waals surface area contributed by atoms with Crippen LogP contribution in [0.1, 0.15) is 37.4 Å². The van der Waals surface area contributed by atoms with E-state index in [1.54, 1.807) is 6.07 Å². The van der Waals surface area contributed by atoms with E-state index in [-0.39, 0.29) is 36.4 Å². The molecule has 0 spiro atoms. The zero-order valence-electron chi connectivity index (χ0n) is 15.7. The molecule has 28 heavy (non-hydrogen) atoms. The maximum Gasteiger partial charge on any atom is 0.229 e. The van der Waals surface area contributed by atoms with Gasteiger partial charge in [0.15, 0.2) is 0 Å². The second-order valence-electron chi connectivity index (χ2n) is 6.57. The van der Waals surface area contributed by atoms with Gasteiger partial charge in [-0.2, -0.15) is 10.2 Å². The molecule has 1 aliphatic heterocycles. The van der Waals surface area contributed by atoms with E-state index in [2.05, 4.69) is 27.1 Å². The molecule has 1 saturated heterocycles. The largest absolute Gasteiger partial charge is 0.355 e. The molecule has 3 N–H and O–H groups in total. The summed E-state index contributed by atoms with van der Waals surface area (Å²) in [4.78, 5) is 11.4. The van der Waals surface area contributed by atoms with E-state index in [1.165, 1.54) is 12.1 Å². The van der Waals surface area contributed by atoms with Crippen molar-refractivity contribution in [3.8, 4) is 6.07 Å². The Balaban J connectivity index is 0.00000196. The maximum atomic E-state index is 13.5. The molecule has 152 valence electrons. The summed E-state index contributed by atoms with van der Waals surface area (Å²) in [5.74, 6) is 0.756. The molecule has 0 radical (unpaired) electrons. The molecule has 3 rings (SSSR count). The van der Waals surface area contributed by atoms with Crippen molar-refractivity contribution in [2.24, 2.45) is 5.73 Å². The normalized spacial score (nSPS) is 15.8. The van der Waals surface area contributed by atoms with Gasteiger partial charge in [0.05, 0.1) is 5.56 Å². The zero-order chi connectivity index (χ0) is 18.5. The van der Waals surface area contributed by atoms with Gasteiger partial charge in [-0.25, -0.2) is 9.37 Å². The van der Waals surface area contributed by atoms with Gasteiger partial charge in [-0.3, -0.25) is 0 Å². The molecular formula is C19H25Cl2FN6. The van der Waals surface area contributed by atoms with Crippen LogP contribution in [0.25, 0.3) is 0 Å². The highest BCUT2D eigenvalue weighted by molar-refractivity contribution is 5.85. The number of aromatic nitrogens is 2. The quantitative estimate of drug-likeness (QED) is 0.751. The first kappa shape index (κ1) is 23.9. The average molecular weight is 427 g/mol. The Bertz CT molecular complexity index is 827. The van der Waals surface area contributed by atoms with Crippen molar-refractivity contribution < 1.29 is 4.39 Å². The van der Waals surface area contributed by atoms with Crippen LogP contribution in [0, 0.1) is 17.1 Å². The third-order valence-electron chi connectivity index (χ3n) is 4.40. The Hall–Kier alpha value is -2.14. The highest BCUT2D eigenvalue weighted by Gasteiger charge is 2.19. The molecular weight excluding hydrogens is 402 g/mol. The zero-order valence-corrected chi connectivity index (χ0v) is 17.3.